The van der Waals surface area contributed by atoms with E-state index in [2.05, 4.69) is 26.1 Å². The molecule has 0 amide bonds. The highest BCUT2D eigenvalue weighted by atomic mass is 32.2. The molecule has 0 aromatic heterocycles. The molecule has 1 unspecified atom stereocenters. The van der Waals surface area contributed by atoms with Gasteiger partial charge in [0.25, 0.3) is 0 Å². The summed E-state index contributed by atoms with van der Waals surface area (Å²) >= 11 is 2.02. The summed E-state index contributed by atoms with van der Waals surface area (Å²) in [4.78, 5) is 0. The largest absolute Gasteiger partial charge is 0.381 e. The van der Waals surface area contributed by atoms with E-state index in [1.165, 1.54) is 12.2 Å². The van der Waals surface area contributed by atoms with E-state index in [0.717, 1.165) is 32.2 Å². The number of hydrogen-bond acceptors (Lipinski definition) is 3. The van der Waals surface area contributed by atoms with Crippen molar-refractivity contribution in [1.29, 1.82) is 0 Å². The van der Waals surface area contributed by atoms with Crippen molar-refractivity contribution >= 4 is 11.8 Å². The lowest BCUT2D eigenvalue weighted by Crippen LogP contribution is -2.26. The normalized spacial score (nSPS) is 22.9. The molecular formula is C11H23NOS. The van der Waals surface area contributed by atoms with Crippen LogP contribution in [0.1, 0.15) is 27.2 Å². The van der Waals surface area contributed by atoms with Gasteiger partial charge in [-0.1, -0.05) is 20.8 Å². The van der Waals surface area contributed by atoms with E-state index in [1.807, 2.05) is 11.8 Å². The molecule has 1 rings (SSSR count). The minimum Gasteiger partial charge on any atom is -0.381 e. The van der Waals surface area contributed by atoms with Gasteiger partial charge in [-0.3, -0.25) is 0 Å². The van der Waals surface area contributed by atoms with Gasteiger partial charge in [-0.25, -0.2) is 0 Å². The highest BCUT2D eigenvalue weighted by Crippen LogP contribution is 2.22. The first-order valence-electron chi connectivity index (χ1n) is 5.50. The smallest absolute Gasteiger partial charge is 0.0507 e. The maximum absolute atomic E-state index is 5.32. The molecule has 1 saturated heterocycles. The summed E-state index contributed by atoms with van der Waals surface area (Å²) in [5, 5.41) is 3.50. The van der Waals surface area contributed by atoms with E-state index in [-0.39, 0.29) is 0 Å². The molecule has 0 aromatic carbocycles. The number of thioether (sulfide) groups is 1. The van der Waals surface area contributed by atoms with Crippen molar-refractivity contribution < 1.29 is 4.74 Å². The SMILES string of the molecule is CC(C)(C)SCCNCC1CCOC1. The molecule has 0 aromatic rings. The van der Waals surface area contributed by atoms with Crippen LogP contribution >= 0.6 is 11.8 Å². The van der Waals surface area contributed by atoms with Crippen LogP contribution in [0.4, 0.5) is 0 Å². The van der Waals surface area contributed by atoms with E-state index in [9.17, 15) is 0 Å². The van der Waals surface area contributed by atoms with Gasteiger partial charge in [-0.15, -0.1) is 0 Å². The fraction of sp³-hybridized carbons (Fsp3) is 1.00. The highest BCUT2D eigenvalue weighted by molar-refractivity contribution is 8.00. The Kier molecular flexibility index (Phi) is 5.28. The van der Waals surface area contributed by atoms with Crippen molar-refractivity contribution in [1.82, 2.24) is 5.32 Å². The summed E-state index contributed by atoms with van der Waals surface area (Å²) in [6, 6.07) is 0. The maximum atomic E-state index is 5.32. The Labute approximate surface area is 92.2 Å². The molecule has 14 heavy (non-hydrogen) atoms. The van der Waals surface area contributed by atoms with Gasteiger partial charge < -0.3 is 10.1 Å². The van der Waals surface area contributed by atoms with Crippen molar-refractivity contribution in [2.24, 2.45) is 5.92 Å². The molecular weight excluding hydrogens is 194 g/mol. The molecule has 1 N–H and O–H groups in total. The van der Waals surface area contributed by atoms with Crippen LogP contribution in [-0.4, -0.2) is 36.8 Å². The lowest BCUT2D eigenvalue weighted by atomic mass is 10.1. The van der Waals surface area contributed by atoms with Crippen LogP contribution in [-0.2, 0) is 4.74 Å². The van der Waals surface area contributed by atoms with Crippen molar-refractivity contribution in [3.8, 4) is 0 Å². The molecule has 1 aliphatic heterocycles. The van der Waals surface area contributed by atoms with Crippen LogP contribution in [0.3, 0.4) is 0 Å². The minimum atomic E-state index is 0.401. The van der Waals surface area contributed by atoms with Gasteiger partial charge in [0.05, 0.1) is 6.61 Å². The predicted molar refractivity (Wildman–Crippen MR) is 64.0 cm³/mol. The fourth-order valence-corrected chi connectivity index (χ4v) is 2.34. The number of rotatable bonds is 5. The summed E-state index contributed by atoms with van der Waals surface area (Å²) in [5.41, 5.74) is 0. The second kappa shape index (κ2) is 5.99. The summed E-state index contributed by atoms with van der Waals surface area (Å²) in [7, 11) is 0. The zero-order valence-corrected chi connectivity index (χ0v) is 10.5. The van der Waals surface area contributed by atoms with E-state index >= 15 is 0 Å². The molecule has 3 heteroatoms. The van der Waals surface area contributed by atoms with Gasteiger partial charge in [0.2, 0.25) is 0 Å². The first-order valence-corrected chi connectivity index (χ1v) is 6.49. The monoisotopic (exact) mass is 217 g/mol. The van der Waals surface area contributed by atoms with Gasteiger partial charge in [-0.05, 0) is 12.3 Å². The molecule has 0 aliphatic carbocycles. The lowest BCUT2D eigenvalue weighted by Gasteiger charge is -2.17. The van der Waals surface area contributed by atoms with Gasteiger partial charge in [0.1, 0.15) is 0 Å². The molecule has 2 nitrogen and oxygen atoms in total. The van der Waals surface area contributed by atoms with Gasteiger partial charge in [0.15, 0.2) is 0 Å². The Morgan fingerprint density at radius 3 is 2.79 bits per heavy atom. The highest BCUT2D eigenvalue weighted by Gasteiger charge is 2.14. The third-order valence-corrected chi connectivity index (χ3v) is 3.55. The molecule has 1 aliphatic rings. The first kappa shape index (κ1) is 12.3. The Bertz CT molecular complexity index is 150. The topological polar surface area (TPSA) is 21.3 Å². The van der Waals surface area contributed by atoms with Crippen molar-refractivity contribution in [3.63, 3.8) is 0 Å². The van der Waals surface area contributed by atoms with Crippen LogP contribution in [0.15, 0.2) is 0 Å². The molecule has 84 valence electrons. The average molecular weight is 217 g/mol. The van der Waals surface area contributed by atoms with Crippen molar-refractivity contribution in [3.05, 3.63) is 0 Å². The van der Waals surface area contributed by atoms with Crippen LogP contribution in [0.25, 0.3) is 0 Å². The zero-order chi connectivity index (χ0) is 10.4. The first-order chi connectivity index (χ1) is 6.58. The predicted octanol–water partition coefficient (Wildman–Crippen LogP) is 2.14. The molecule has 0 bridgehead atoms. The van der Waals surface area contributed by atoms with E-state index < -0.39 is 0 Å². The third-order valence-electron chi connectivity index (χ3n) is 2.27. The standard InChI is InChI=1S/C11H23NOS/c1-11(2,3)14-7-5-12-8-10-4-6-13-9-10/h10,12H,4-9H2,1-3H3. The van der Waals surface area contributed by atoms with Crippen molar-refractivity contribution in [2.45, 2.75) is 31.9 Å². The quantitative estimate of drug-likeness (QED) is 0.713. The second-order valence-corrected chi connectivity index (χ2v) is 6.82. The Morgan fingerprint density at radius 1 is 1.43 bits per heavy atom. The molecule has 1 heterocycles. The Morgan fingerprint density at radius 2 is 2.21 bits per heavy atom. The van der Waals surface area contributed by atoms with Crippen molar-refractivity contribution in [2.75, 3.05) is 32.1 Å². The van der Waals surface area contributed by atoms with E-state index in [4.69, 9.17) is 4.74 Å². The number of ether oxygens (including phenoxy) is 1. The lowest BCUT2D eigenvalue weighted by molar-refractivity contribution is 0.185. The average Bonchev–Trinajstić information content (AvgIpc) is 2.54. The van der Waals surface area contributed by atoms with Gasteiger partial charge in [-0.2, -0.15) is 11.8 Å². The maximum Gasteiger partial charge on any atom is 0.0507 e. The summed E-state index contributed by atoms with van der Waals surface area (Å²) in [6.07, 6.45) is 1.24. The summed E-state index contributed by atoms with van der Waals surface area (Å²) < 4.78 is 5.72. The molecule has 0 radical (unpaired) electrons. The van der Waals surface area contributed by atoms with Crippen LogP contribution in [0, 0.1) is 5.92 Å². The van der Waals surface area contributed by atoms with Gasteiger partial charge >= 0.3 is 0 Å². The van der Waals surface area contributed by atoms with Crippen LogP contribution in [0.5, 0.6) is 0 Å². The number of hydrogen-bond donors (Lipinski definition) is 1. The number of nitrogens with one attached hydrogen (secondary N) is 1. The molecule has 0 spiro atoms. The fourth-order valence-electron chi connectivity index (χ4n) is 1.48. The van der Waals surface area contributed by atoms with E-state index in [1.54, 1.807) is 0 Å². The van der Waals surface area contributed by atoms with E-state index in [0.29, 0.717) is 4.75 Å². The van der Waals surface area contributed by atoms with Gasteiger partial charge in [0, 0.05) is 30.2 Å². The van der Waals surface area contributed by atoms with Crippen LogP contribution in [0.2, 0.25) is 0 Å². The second-order valence-electron chi connectivity index (χ2n) is 4.89. The summed E-state index contributed by atoms with van der Waals surface area (Å²) in [5.74, 6) is 1.96. The zero-order valence-electron chi connectivity index (χ0n) is 9.64. The Hall–Kier alpha value is 0.270. The minimum absolute atomic E-state index is 0.401. The molecule has 1 atom stereocenters. The Balaban J connectivity index is 1.89. The van der Waals surface area contributed by atoms with Crippen LogP contribution < -0.4 is 5.32 Å². The molecule has 0 saturated carbocycles. The molecule has 1 fully saturated rings. The summed E-state index contributed by atoms with van der Waals surface area (Å²) in [6.45, 7) is 11.0. The third kappa shape index (κ3) is 5.89.